The number of ether oxygens (including phenoxy) is 1. The molecule has 0 saturated heterocycles. The van der Waals surface area contributed by atoms with Crippen LogP contribution in [0.4, 0.5) is 9.59 Å². The van der Waals surface area contributed by atoms with Crippen molar-refractivity contribution in [1.82, 2.24) is 9.80 Å². The number of hydrogen-bond donors (Lipinski definition) is 0. The van der Waals surface area contributed by atoms with Crippen molar-refractivity contribution >= 4 is 26.2 Å². The lowest BCUT2D eigenvalue weighted by molar-refractivity contribution is -0.140. The van der Waals surface area contributed by atoms with E-state index < -0.39 is 20.0 Å². The Morgan fingerprint density at radius 3 is 2.08 bits per heavy atom. The van der Waals surface area contributed by atoms with Crippen molar-refractivity contribution in [2.45, 2.75) is 182 Å². The summed E-state index contributed by atoms with van der Waals surface area (Å²) < 4.78 is 12.8. The van der Waals surface area contributed by atoms with Gasteiger partial charge in [-0.05, 0) is 164 Å². The van der Waals surface area contributed by atoms with Gasteiger partial charge >= 0.3 is 12.2 Å². The topological polar surface area (TPSA) is 80.7 Å². The van der Waals surface area contributed by atoms with Gasteiger partial charge in [0, 0.05) is 32.1 Å². The van der Waals surface area contributed by atoms with Crippen LogP contribution in [0.5, 0.6) is 0 Å². The van der Waals surface area contributed by atoms with Crippen molar-refractivity contribution in [3.8, 4) is 0 Å². The van der Waals surface area contributed by atoms with E-state index in [-0.39, 0.29) is 23.2 Å². The summed E-state index contributed by atoms with van der Waals surface area (Å²) in [6.45, 7) is 23.2. The predicted molar refractivity (Wildman–Crippen MR) is 205 cm³/mol. The molecule has 9 heteroatoms. The van der Waals surface area contributed by atoms with Gasteiger partial charge in [-0.2, -0.15) is 0 Å². The highest BCUT2D eigenvalue weighted by Crippen LogP contribution is 2.68. The van der Waals surface area contributed by atoms with Crippen LogP contribution in [0.2, 0.25) is 18.1 Å². The van der Waals surface area contributed by atoms with Gasteiger partial charge in [-0.15, -0.1) is 0 Å². The van der Waals surface area contributed by atoms with Crippen molar-refractivity contribution in [3.63, 3.8) is 0 Å². The molecule has 50 heavy (non-hydrogen) atoms. The Bertz CT molecular complexity index is 1240. The van der Waals surface area contributed by atoms with Crippen molar-refractivity contribution in [2.24, 2.45) is 45.6 Å². The SMILES string of the molecule is CC[Si](CC)(CC)O[C@]1(C)CC[C@@]2(C)C(CC[C@H]3[C@@H]4CC[C@H](/C(C)=N/OC(=O)N(CCN(C)C(=O)OC(C)(C)C)C5CCC5)[C@@]4(C)CC[C@@H]32)C1. The van der Waals surface area contributed by atoms with Gasteiger partial charge in [-0.25, -0.2) is 9.59 Å². The molecule has 8 nitrogen and oxygen atoms in total. The summed E-state index contributed by atoms with van der Waals surface area (Å²) in [6.07, 6.45) is 13.7. The van der Waals surface area contributed by atoms with Crippen LogP contribution in [0.3, 0.4) is 0 Å². The van der Waals surface area contributed by atoms with E-state index in [4.69, 9.17) is 14.0 Å². The average Bonchev–Trinajstić information content (AvgIpc) is 3.40. The Morgan fingerprint density at radius 2 is 1.48 bits per heavy atom. The number of fused-ring (bicyclic) bond motifs is 5. The molecule has 0 N–H and O–H groups in total. The van der Waals surface area contributed by atoms with Crippen molar-refractivity contribution in [3.05, 3.63) is 0 Å². The van der Waals surface area contributed by atoms with Crippen LogP contribution in [-0.2, 0) is 14.0 Å². The van der Waals surface area contributed by atoms with E-state index in [0.717, 1.165) is 49.1 Å². The molecule has 0 aromatic rings. The largest absolute Gasteiger partial charge is 0.444 e. The molecule has 5 rings (SSSR count). The monoisotopic (exact) mass is 716 g/mol. The maximum atomic E-state index is 13.5. The zero-order chi connectivity index (χ0) is 36.7. The van der Waals surface area contributed by atoms with Gasteiger partial charge in [-0.3, -0.25) is 4.84 Å². The first-order valence-corrected chi connectivity index (χ1v) is 23.1. The Labute approximate surface area is 306 Å². The first-order chi connectivity index (χ1) is 23.4. The minimum absolute atomic E-state index is 0.0557. The van der Waals surface area contributed by atoms with Crippen LogP contribution >= 0.6 is 0 Å². The molecule has 2 amide bonds. The number of amides is 2. The molecule has 0 aromatic heterocycles. The van der Waals surface area contributed by atoms with Crippen LogP contribution in [0.15, 0.2) is 5.16 Å². The molecule has 5 aliphatic rings. The Balaban J connectivity index is 1.21. The summed E-state index contributed by atoms with van der Waals surface area (Å²) in [5, 5.41) is 4.57. The predicted octanol–water partition coefficient (Wildman–Crippen LogP) is 10.7. The lowest BCUT2D eigenvalue weighted by Gasteiger charge is -2.62. The van der Waals surface area contributed by atoms with Gasteiger partial charge in [0.2, 0.25) is 0 Å². The van der Waals surface area contributed by atoms with E-state index in [1.165, 1.54) is 69.5 Å². The van der Waals surface area contributed by atoms with E-state index in [9.17, 15) is 9.59 Å². The van der Waals surface area contributed by atoms with Crippen LogP contribution < -0.4 is 0 Å². The van der Waals surface area contributed by atoms with Crippen LogP contribution in [0.1, 0.15) is 146 Å². The molecule has 5 aliphatic carbocycles. The van der Waals surface area contributed by atoms with Gasteiger partial charge < -0.3 is 19.0 Å². The molecule has 0 heterocycles. The maximum Gasteiger partial charge on any atom is 0.436 e. The van der Waals surface area contributed by atoms with Gasteiger partial charge in [0.1, 0.15) is 5.60 Å². The lowest BCUT2D eigenvalue weighted by atomic mass is 9.44. The first kappa shape index (κ1) is 39.6. The fourth-order valence-corrected chi connectivity index (χ4v) is 14.9. The third-order valence-electron chi connectivity index (χ3n) is 15.2. The second-order valence-corrected chi connectivity index (χ2v) is 23.8. The van der Waals surface area contributed by atoms with Crippen LogP contribution in [-0.4, -0.2) is 73.4 Å². The Kier molecular flexibility index (Phi) is 11.9. The molecule has 0 aliphatic heterocycles. The minimum atomic E-state index is -1.65. The quantitative estimate of drug-likeness (QED) is 0.0921. The number of carbonyl (C=O) groups is 2. The van der Waals surface area contributed by atoms with Crippen molar-refractivity contribution in [2.75, 3.05) is 20.1 Å². The standard InChI is InChI=1S/C41H73N3O5Si/c1-12-50(13-2,14-3)49-39(8)24-25-40(9)30(28-39)18-19-32-34-21-20-33(41(34,10)23-22-35(32)40)29(4)42-48-37(46)44(31-16-15-17-31)27-26-43(11)36(45)47-38(5,6)7/h30-35H,12-28H2,1-11H3/b42-29+/t30?,32-,33+,34-,35-,39+,40-,41+/m0/s1. The molecule has 1 unspecified atom stereocenters. The third-order valence-corrected chi connectivity index (χ3v) is 20.0. The molecular weight excluding hydrogens is 643 g/mol. The molecule has 8 atom stereocenters. The zero-order valence-electron chi connectivity index (χ0n) is 33.9. The fourth-order valence-electron chi connectivity index (χ4n) is 11.7. The Morgan fingerprint density at radius 1 is 0.820 bits per heavy atom. The van der Waals surface area contributed by atoms with E-state index in [1.807, 2.05) is 20.8 Å². The van der Waals surface area contributed by atoms with E-state index in [0.29, 0.717) is 30.3 Å². The summed E-state index contributed by atoms with van der Waals surface area (Å²) in [7, 11) is 0.0708. The molecule has 5 fully saturated rings. The average molecular weight is 716 g/mol. The second-order valence-electron chi connectivity index (χ2n) is 19.1. The summed E-state index contributed by atoms with van der Waals surface area (Å²) in [5.41, 5.74) is 1.09. The van der Waals surface area contributed by atoms with Gasteiger partial charge in [0.15, 0.2) is 8.32 Å². The zero-order valence-corrected chi connectivity index (χ0v) is 34.9. The Hall–Kier alpha value is -1.61. The highest BCUT2D eigenvalue weighted by molar-refractivity contribution is 6.73. The van der Waals surface area contributed by atoms with E-state index in [2.05, 4.69) is 53.6 Å². The molecule has 5 saturated carbocycles. The van der Waals surface area contributed by atoms with Gasteiger partial charge in [0.05, 0.1) is 11.3 Å². The summed E-state index contributed by atoms with van der Waals surface area (Å²) in [5.74, 6) is 3.42. The van der Waals surface area contributed by atoms with Crippen molar-refractivity contribution in [1.29, 1.82) is 0 Å². The van der Waals surface area contributed by atoms with Crippen LogP contribution in [0.25, 0.3) is 0 Å². The third kappa shape index (κ3) is 7.84. The first-order valence-electron chi connectivity index (χ1n) is 20.6. The number of carbonyl (C=O) groups excluding carboxylic acids is 2. The number of likely N-dealkylation sites (N-methyl/N-ethyl adjacent to an activating group) is 1. The molecule has 0 aromatic carbocycles. The van der Waals surface area contributed by atoms with Crippen molar-refractivity contribution < 1.29 is 23.6 Å². The maximum absolute atomic E-state index is 13.5. The highest BCUT2D eigenvalue weighted by atomic mass is 28.4. The minimum Gasteiger partial charge on any atom is -0.444 e. The highest BCUT2D eigenvalue weighted by Gasteiger charge is 2.62. The van der Waals surface area contributed by atoms with E-state index >= 15 is 0 Å². The summed E-state index contributed by atoms with van der Waals surface area (Å²) in [6, 6.07) is 3.84. The molecule has 0 radical (unpaired) electrons. The van der Waals surface area contributed by atoms with Crippen LogP contribution in [0, 0.1) is 40.4 Å². The summed E-state index contributed by atoms with van der Waals surface area (Å²) in [4.78, 5) is 35.0. The molecule has 0 spiro atoms. The second kappa shape index (κ2) is 15.0. The number of hydrogen-bond acceptors (Lipinski definition) is 6. The van der Waals surface area contributed by atoms with E-state index in [1.54, 1.807) is 16.8 Å². The summed E-state index contributed by atoms with van der Waals surface area (Å²) >= 11 is 0. The number of nitrogens with zero attached hydrogens (tertiary/aromatic N) is 3. The fraction of sp³-hybridized carbons (Fsp3) is 0.927. The smallest absolute Gasteiger partial charge is 0.436 e. The number of rotatable bonds is 11. The van der Waals surface area contributed by atoms with Gasteiger partial charge in [-0.1, -0.05) is 39.8 Å². The molecular formula is C41H73N3O5Si. The molecule has 286 valence electrons. The normalized spacial score (nSPS) is 36.1. The number of oxime groups is 1. The lowest BCUT2D eigenvalue weighted by Crippen LogP contribution is -2.57. The molecule has 0 bridgehead atoms. The van der Waals surface area contributed by atoms with Gasteiger partial charge in [0.25, 0.3) is 0 Å².